The quantitative estimate of drug-likeness (QED) is 0.276. The van der Waals surface area contributed by atoms with E-state index in [1.807, 2.05) is 0 Å². The zero-order valence-electron chi connectivity index (χ0n) is 17.4. The monoisotopic (exact) mass is 380 g/mol. The van der Waals surface area contributed by atoms with Gasteiger partial charge in [0.2, 0.25) is 5.91 Å². The van der Waals surface area contributed by atoms with E-state index in [-0.39, 0.29) is 11.8 Å². The first kappa shape index (κ1) is 22.0. The van der Waals surface area contributed by atoms with Gasteiger partial charge in [-0.2, -0.15) is 0 Å². The Kier molecular flexibility index (Phi) is 9.95. The number of ether oxygens (including phenoxy) is 1. The third kappa shape index (κ3) is 7.68. The molecule has 0 saturated heterocycles. The molecule has 0 aromatic carbocycles. The fraction of sp³-hybridized carbons (Fsp3) is 0.905. The van der Waals surface area contributed by atoms with Gasteiger partial charge in [-0.25, -0.2) is 0 Å². The molecule has 2 fully saturated rings. The molecule has 27 heavy (non-hydrogen) atoms. The van der Waals surface area contributed by atoms with Crippen molar-refractivity contribution < 1.29 is 9.53 Å². The van der Waals surface area contributed by atoms with Gasteiger partial charge < -0.3 is 20.7 Å². The summed E-state index contributed by atoms with van der Waals surface area (Å²) in [7, 11) is 0. The molecule has 0 aromatic rings. The Morgan fingerprint density at radius 1 is 1.07 bits per heavy atom. The summed E-state index contributed by atoms with van der Waals surface area (Å²) in [4.78, 5) is 16.7. The second-order valence-electron chi connectivity index (χ2n) is 8.05. The van der Waals surface area contributed by atoms with Gasteiger partial charge >= 0.3 is 0 Å². The summed E-state index contributed by atoms with van der Waals surface area (Å²) in [6.07, 6.45) is 10.5. The number of carbonyl (C=O) groups excluding carboxylic acids is 1. The highest BCUT2D eigenvalue weighted by Crippen LogP contribution is 2.41. The highest BCUT2D eigenvalue weighted by Gasteiger charge is 2.33. The lowest BCUT2D eigenvalue weighted by Gasteiger charge is -2.27. The normalized spacial score (nSPS) is 19.6. The Labute approximate surface area is 165 Å². The predicted octanol–water partition coefficient (Wildman–Crippen LogP) is 2.83. The second-order valence-corrected chi connectivity index (χ2v) is 8.05. The van der Waals surface area contributed by atoms with Gasteiger partial charge in [0.05, 0.1) is 0 Å². The van der Waals surface area contributed by atoms with Gasteiger partial charge in [0, 0.05) is 45.3 Å². The molecule has 0 spiro atoms. The van der Waals surface area contributed by atoms with Crippen LogP contribution in [-0.2, 0) is 9.53 Å². The summed E-state index contributed by atoms with van der Waals surface area (Å²) in [5.74, 6) is 1.40. The van der Waals surface area contributed by atoms with E-state index in [0.717, 1.165) is 71.0 Å². The molecule has 6 nitrogen and oxygen atoms in total. The smallest absolute Gasteiger partial charge is 0.223 e. The second kappa shape index (κ2) is 12.2. The SMILES string of the molecule is CCNC(=NCC1(CCOCC)CCCC1)NCCCNC(=O)C1CCC1. The lowest BCUT2D eigenvalue weighted by molar-refractivity contribution is -0.127. The first-order chi connectivity index (χ1) is 13.2. The maximum absolute atomic E-state index is 11.8. The van der Waals surface area contributed by atoms with E-state index in [0.29, 0.717) is 5.41 Å². The van der Waals surface area contributed by atoms with Crippen LogP contribution in [0, 0.1) is 11.3 Å². The van der Waals surface area contributed by atoms with Crippen molar-refractivity contribution in [2.75, 3.05) is 39.4 Å². The third-order valence-corrected chi connectivity index (χ3v) is 5.98. The van der Waals surface area contributed by atoms with Crippen molar-refractivity contribution in [2.24, 2.45) is 16.3 Å². The molecular weight excluding hydrogens is 340 g/mol. The summed E-state index contributed by atoms with van der Waals surface area (Å²) in [5.41, 5.74) is 0.314. The van der Waals surface area contributed by atoms with Crippen LogP contribution in [0.4, 0.5) is 0 Å². The minimum Gasteiger partial charge on any atom is -0.382 e. The highest BCUT2D eigenvalue weighted by molar-refractivity contribution is 5.80. The molecule has 2 rings (SSSR count). The Balaban J connectivity index is 1.70. The minimum atomic E-state index is 0.235. The molecule has 0 atom stereocenters. The van der Waals surface area contributed by atoms with Crippen LogP contribution in [0.3, 0.4) is 0 Å². The molecule has 1 amide bonds. The van der Waals surface area contributed by atoms with Crippen molar-refractivity contribution in [2.45, 2.75) is 71.6 Å². The van der Waals surface area contributed by atoms with Gasteiger partial charge in [-0.15, -0.1) is 0 Å². The van der Waals surface area contributed by atoms with Crippen molar-refractivity contribution in [1.82, 2.24) is 16.0 Å². The number of rotatable bonds is 12. The van der Waals surface area contributed by atoms with Gasteiger partial charge in [-0.1, -0.05) is 19.3 Å². The molecule has 0 heterocycles. The number of guanidine groups is 1. The fourth-order valence-corrected chi connectivity index (χ4v) is 3.96. The van der Waals surface area contributed by atoms with Crippen LogP contribution in [0.25, 0.3) is 0 Å². The highest BCUT2D eigenvalue weighted by atomic mass is 16.5. The van der Waals surface area contributed by atoms with Gasteiger partial charge in [-0.05, 0) is 57.8 Å². The van der Waals surface area contributed by atoms with Crippen LogP contribution in [0.1, 0.15) is 71.6 Å². The van der Waals surface area contributed by atoms with E-state index in [1.165, 1.54) is 32.1 Å². The Morgan fingerprint density at radius 3 is 2.44 bits per heavy atom. The lowest BCUT2D eigenvalue weighted by Crippen LogP contribution is -2.40. The number of nitrogens with one attached hydrogen (secondary N) is 3. The van der Waals surface area contributed by atoms with Crippen LogP contribution >= 0.6 is 0 Å². The van der Waals surface area contributed by atoms with E-state index in [4.69, 9.17) is 9.73 Å². The van der Waals surface area contributed by atoms with E-state index >= 15 is 0 Å². The Hall–Kier alpha value is -1.30. The van der Waals surface area contributed by atoms with E-state index in [2.05, 4.69) is 29.8 Å². The van der Waals surface area contributed by atoms with Gasteiger partial charge in [0.25, 0.3) is 0 Å². The summed E-state index contributed by atoms with van der Waals surface area (Å²) in [5, 5.41) is 9.81. The molecule has 6 heteroatoms. The molecule has 0 unspecified atom stereocenters. The third-order valence-electron chi connectivity index (χ3n) is 5.98. The first-order valence-electron chi connectivity index (χ1n) is 11.1. The molecule has 0 bridgehead atoms. The fourth-order valence-electron chi connectivity index (χ4n) is 3.96. The zero-order valence-corrected chi connectivity index (χ0v) is 17.4. The molecular formula is C21H40N4O2. The van der Waals surface area contributed by atoms with E-state index in [9.17, 15) is 4.79 Å². The maximum atomic E-state index is 11.8. The molecule has 2 aliphatic rings. The first-order valence-corrected chi connectivity index (χ1v) is 11.1. The molecule has 2 aliphatic carbocycles. The van der Waals surface area contributed by atoms with Crippen LogP contribution in [0.15, 0.2) is 4.99 Å². The number of amides is 1. The summed E-state index contributed by atoms with van der Waals surface area (Å²) in [6.45, 7) is 9.07. The number of hydrogen-bond donors (Lipinski definition) is 3. The van der Waals surface area contributed by atoms with Crippen LogP contribution < -0.4 is 16.0 Å². The molecule has 3 N–H and O–H groups in total. The zero-order chi connectivity index (χ0) is 19.4. The Morgan fingerprint density at radius 2 is 1.81 bits per heavy atom. The lowest BCUT2D eigenvalue weighted by atomic mass is 9.83. The molecule has 0 radical (unpaired) electrons. The molecule has 0 aliphatic heterocycles. The molecule has 2 saturated carbocycles. The van der Waals surface area contributed by atoms with Gasteiger partial charge in [0.1, 0.15) is 0 Å². The van der Waals surface area contributed by atoms with Crippen LogP contribution in [0.2, 0.25) is 0 Å². The van der Waals surface area contributed by atoms with Crippen LogP contribution in [-0.4, -0.2) is 51.3 Å². The topological polar surface area (TPSA) is 74.8 Å². The van der Waals surface area contributed by atoms with E-state index in [1.54, 1.807) is 0 Å². The number of carbonyl (C=O) groups is 1. The van der Waals surface area contributed by atoms with Crippen molar-refractivity contribution in [3.05, 3.63) is 0 Å². The summed E-state index contributed by atoms with van der Waals surface area (Å²) in [6, 6.07) is 0. The largest absolute Gasteiger partial charge is 0.382 e. The summed E-state index contributed by atoms with van der Waals surface area (Å²) >= 11 is 0. The van der Waals surface area contributed by atoms with Crippen LogP contribution in [0.5, 0.6) is 0 Å². The number of hydrogen-bond acceptors (Lipinski definition) is 3. The van der Waals surface area contributed by atoms with E-state index < -0.39 is 0 Å². The van der Waals surface area contributed by atoms with Crippen molar-refractivity contribution >= 4 is 11.9 Å². The molecule has 0 aromatic heterocycles. The average molecular weight is 381 g/mol. The summed E-state index contributed by atoms with van der Waals surface area (Å²) < 4.78 is 5.60. The predicted molar refractivity (Wildman–Crippen MR) is 111 cm³/mol. The average Bonchev–Trinajstić information content (AvgIpc) is 3.07. The van der Waals surface area contributed by atoms with Gasteiger partial charge in [-0.3, -0.25) is 9.79 Å². The number of aliphatic imine (C=N–C) groups is 1. The van der Waals surface area contributed by atoms with Crippen molar-refractivity contribution in [1.29, 1.82) is 0 Å². The number of nitrogens with zero attached hydrogens (tertiary/aromatic N) is 1. The van der Waals surface area contributed by atoms with Crippen molar-refractivity contribution in [3.63, 3.8) is 0 Å². The maximum Gasteiger partial charge on any atom is 0.223 e. The Bertz CT molecular complexity index is 457. The minimum absolute atomic E-state index is 0.235. The van der Waals surface area contributed by atoms with Crippen molar-refractivity contribution in [3.8, 4) is 0 Å². The molecule has 156 valence electrons. The standard InChI is InChI=1S/C21H40N4O2/c1-3-22-20(24-15-8-14-23-19(26)18-9-7-10-18)25-17-21(11-5-6-12-21)13-16-27-4-2/h18H,3-17H2,1-2H3,(H,23,26)(H2,22,24,25). The van der Waals surface area contributed by atoms with Gasteiger partial charge in [0.15, 0.2) is 5.96 Å².